The van der Waals surface area contributed by atoms with Gasteiger partial charge in [0.15, 0.2) is 0 Å². The first-order valence-corrected chi connectivity index (χ1v) is 7.91. The van der Waals surface area contributed by atoms with Crippen LogP contribution in [-0.2, 0) is 0 Å². The second-order valence-electron chi connectivity index (χ2n) is 4.91. The largest absolute Gasteiger partial charge is 0.391 e. The molecule has 2 amide bonds. The van der Waals surface area contributed by atoms with Crippen LogP contribution >= 0.6 is 11.8 Å². The molecule has 0 aliphatic heterocycles. The van der Waals surface area contributed by atoms with Crippen molar-refractivity contribution in [2.45, 2.75) is 42.7 Å². The third kappa shape index (κ3) is 3.86. The number of halogens is 1. The minimum Gasteiger partial charge on any atom is -0.391 e. The molecule has 1 aliphatic carbocycles. The van der Waals surface area contributed by atoms with Crippen LogP contribution in [0.1, 0.15) is 25.7 Å². The van der Waals surface area contributed by atoms with E-state index in [1.165, 1.54) is 17.8 Å². The lowest BCUT2D eigenvalue weighted by Gasteiger charge is -2.28. The molecule has 1 aromatic rings. The number of hydrogen-bond donors (Lipinski definition) is 3. The second kappa shape index (κ2) is 6.95. The molecule has 4 nitrogen and oxygen atoms in total. The molecule has 1 aliphatic rings. The molecule has 6 heteroatoms. The number of rotatable bonds is 3. The highest BCUT2D eigenvalue weighted by molar-refractivity contribution is 7.98. The van der Waals surface area contributed by atoms with Gasteiger partial charge in [-0.05, 0) is 37.3 Å². The molecule has 2 rings (SSSR count). The SMILES string of the molecule is CSc1ccc(NC(=O)N[C@H]2CCCC[C@H]2O)cc1F. The molecule has 3 N–H and O–H groups in total. The first-order chi connectivity index (χ1) is 9.60. The van der Waals surface area contributed by atoms with Crippen LogP contribution in [0.5, 0.6) is 0 Å². The summed E-state index contributed by atoms with van der Waals surface area (Å²) >= 11 is 1.32. The summed E-state index contributed by atoms with van der Waals surface area (Å²) in [5.41, 5.74) is 0.406. The van der Waals surface area contributed by atoms with Gasteiger partial charge in [-0.3, -0.25) is 0 Å². The Hall–Kier alpha value is -1.27. The number of aliphatic hydroxyl groups excluding tert-OH is 1. The highest BCUT2D eigenvalue weighted by Crippen LogP contribution is 2.22. The standard InChI is InChI=1S/C14H19FN2O2S/c1-20-13-7-6-9(8-10(13)15)16-14(19)17-11-4-2-3-5-12(11)18/h6-8,11-12,18H,2-5H2,1H3,(H2,16,17,19)/t11-,12+/m0/s1. The van der Waals surface area contributed by atoms with Crippen molar-refractivity contribution in [2.75, 3.05) is 11.6 Å². The van der Waals surface area contributed by atoms with Gasteiger partial charge in [0.05, 0.1) is 12.1 Å². The van der Waals surface area contributed by atoms with Crippen molar-refractivity contribution in [1.29, 1.82) is 0 Å². The van der Waals surface area contributed by atoms with Gasteiger partial charge in [-0.2, -0.15) is 0 Å². The third-order valence-electron chi connectivity index (χ3n) is 3.46. The molecule has 1 fully saturated rings. The van der Waals surface area contributed by atoms with E-state index in [0.717, 1.165) is 19.3 Å². The average molecular weight is 298 g/mol. The van der Waals surface area contributed by atoms with Gasteiger partial charge in [-0.25, -0.2) is 9.18 Å². The van der Waals surface area contributed by atoms with Crippen molar-refractivity contribution in [3.63, 3.8) is 0 Å². The molecule has 0 bridgehead atoms. The molecule has 1 saturated carbocycles. The number of thioether (sulfide) groups is 1. The normalized spacial score (nSPS) is 22.4. The van der Waals surface area contributed by atoms with E-state index in [0.29, 0.717) is 17.0 Å². The van der Waals surface area contributed by atoms with Crippen LogP contribution in [0.4, 0.5) is 14.9 Å². The Morgan fingerprint density at radius 3 is 2.80 bits per heavy atom. The molecule has 2 atom stereocenters. The maximum Gasteiger partial charge on any atom is 0.319 e. The first-order valence-electron chi connectivity index (χ1n) is 6.69. The van der Waals surface area contributed by atoms with Crippen LogP contribution in [0.2, 0.25) is 0 Å². The number of carbonyl (C=O) groups is 1. The number of urea groups is 1. The minimum atomic E-state index is -0.495. The summed E-state index contributed by atoms with van der Waals surface area (Å²) in [5.74, 6) is -0.354. The zero-order valence-electron chi connectivity index (χ0n) is 11.4. The molecule has 1 aromatic carbocycles. The maximum absolute atomic E-state index is 13.6. The van der Waals surface area contributed by atoms with Gasteiger partial charge in [0.25, 0.3) is 0 Å². The predicted molar refractivity (Wildman–Crippen MR) is 78.6 cm³/mol. The van der Waals surface area contributed by atoms with E-state index in [2.05, 4.69) is 10.6 Å². The van der Waals surface area contributed by atoms with Gasteiger partial charge in [0, 0.05) is 10.6 Å². The van der Waals surface area contributed by atoms with Crippen molar-refractivity contribution in [1.82, 2.24) is 5.32 Å². The van der Waals surface area contributed by atoms with Gasteiger partial charge in [0.2, 0.25) is 0 Å². The Morgan fingerprint density at radius 1 is 1.40 bits per heavy atom. The number of carbonyl (C=O) groups excluding carboxylic acids is 1. The fourth-order valence-corrected chi connectivity index (χ4v) is 2.82. The van der Waals surface area contributed by atoms with Crippen LogP contribution < -0.4 is 10.6 Å². The van der Waals surface area contributed by atoms with E-state index in [9.17, 15) is 14.3 Å². The van der Waals surface area contributed by atoms with Crippen molar-refractivity contribution in [3.05, 3.63) is 24.0 Å². The van der Waals surface area contributed by atoms with Crippen molar-refractivity contribution >= 4 is 23.5 Å². The maximum atomic E-state index is 13.6. The van der Waals surface area contributed by atoms with Crippen molar-refractivity contribution < 1.29 is 14.3 Å². The molecular formula is C14H19FN2O2S. The van der Waals surface area contributed by atoms with Crippen LogP contribution in [0.25, 0.3) is 0 Å². The van der Waals surface area contributed by atoms with Gasteiger partial charge >= 0.3 is 6.03 Å². The van der Waals surface area contributed by atoms with Gasteiger partial charge in [0.1, 0.15) is 5.82 Å². The number of benzene rings is 1. The first kappa shape index (κ1) is 15.1. The average Bonchev–Trinajstić information content (AvgIpc) is 2.41. The molecule has 0 saturated heterocycles. The Kier molecular flexibility index (Phi) is 5.25. The quantitative estimate of drug-likeness (QED) is 0.752. The van der Waals surface area contributed by atoms with E-state index in [1.807, 2.05) is 0 Å². The number of anilines is 1. The monoisotopic (exact) mass is 298 g/mol. The molecule has 0 spiro atoms. The van der Waals surface area contributed by atoms with E-state index in [1.54, 1.807) is 18.4 Å². The highest BCUT2D eigenvalue weighted by atomic mass is 32.2. The van der Waals surface area contributed by atoms with Gasteiger partial charge in [-0.1, -0.05) is 12.8 Å². The molecule has 0 heterocycles. The summed E-state index contributed by atoms with van der Waals surface area (Å²) in [4.78, 5) is 12.4. The Morgan fingerprint density at radius 2 is 2.15 bits per heavy atom. The fourth-order valence-electron chi connectivity index (χ4n) is 2.36. The molecule has 0 aromatic heterocycles. The Bertz CT molecular complexity index is 484. The second-order valence-corrected chi connectivity index (χ2v) is 5.75. The molecular weight excluding hydrogens is 279 g/mol. The van der Waals surface area contributed by atoms with Crippen LogP contribution in [-0.4, -0.2) is 29.5 Å². The van der Waals surface area contributed by atoms with Crippen molar-refractivity contribution in [2.24, 2.45) is 0 Å². The molecule has 0 unspecified atom stereocenters. The van der Waals surface area contributed by atoms with Crippen molar-refractivity contribution in [3.8, 4) is 0 Å². The zero-order valence-corrected chi connectivity index (χ0v) is 12.2. The van der Waals surface area contributed by atoms with Gasteiger partial charge < -0.3 is 15.7 Å². The lowest BCUT2D eigenvalue weighted by atomic mass is 9.93. The Balaban J connectivity index is 1.92. The van der Waals surface area contributed by atoms with E-state index < -0.39 is 12.1 Å². The Labute approximate surface area is 122 Å². The van der Waals surface area contributed by atoms with E-state index in [-0.39, 0.29) is 11.9 Å². The summed E-state index contributed by atoms with van der Waals surface area (Å²) in [7, 11) is 0. The van der Waals surface area contributed by atoms with Crippen LogP contribution in [0, 0.1) is 5.82 Å². The predicted octanol–water partition coefficient (Wildman–Crippen LogP) is 2.97. The summed E-state index contributed by atoms with van der Waals surface area (Å²) in [5, 5.41) is 15.1. The lowest BCUT2D eigenvalue weighted by molar-refractivity contribution is 0.0955. The fraction of sp³-hybridized carbons (Fsp3) is 0.500. The number of nitrogens with one attached hydrogen (secondary N) is 2. The van der Waals surface area contributed by atoms with Crippen LogP contribution in [0.15, 0.2) is 23.1 Å². The molecule has 110 valence electrons. The van der Waals surface area contributed by atoms with Gasteiger partial charge in [-0.15, -0.1) is 11.8 Å². The zero-order chi connectivity index (χ0) is 14.5. The summed E-state index contributed by atoms with van der Waals surface area (Å²) < 4.78 is 13.6. The molecule has 20 heavy (non-hydrogen) atoms. The smallest absolute Gasteiger partial charge is 0.319 e. The molecule has 0 radical (unpaired) electrons. The minimum absolute atomic E-state index is 0.223. The number of hydrogen-bond acceptors (Lipinski definition) is 3. The number of amides is 2. The highest BCUT2D eigenvalue weighted by Gasteiger charge is 2.24. The summed E-state index contributed by atoms with van der Waals surface area (Å²) in [6, 6.07) is 3.95. The van der Waals surface area contributed by atoms with E-state index in [4.69, 9.17) is 0 Å². The third-order valence-corrected chi connectivity index (χ3v) is 4.23. The van der Waals surface area contributed by atoms with E-state index >= 15 is 0 Å². The topological polar surface area (TPSA) is 61.4 Å². The number of aliphatic hydroxyl groups is 1. The summed E-state index contributed by atoms with van der Waals surface area (Å²) in [6.07, 6.45) is 4.77. The summed E-state index contributed by atoms with van der Waals surface area (Å²) in [6.45, 7) is 0. The van der Waals surface area contributed by atoms with Crippen LogP contribution in [0.3, 0.4) is 0 Å². The lowest BCUT2D eigenvalue weighted by Crippen LogP contribution is -2.46.